The first-order chi connectivity index (χ1) is 21.4. The number of rotatable bonds is 2. The summed E-state index contributed by atoms with van der Waals surface area (Å²) in [4.78, 5) is 9.81. The fourth-order valence-corrected chi connectivity index (χ4v) is 7.50. The largest absolute Gasteiger partial charge is 0.293 e. The molecule has 9 aromatic rings. The lowest BCUT2D eigenvalue weighted by atomic mass is 9.88. The summed E-state index contributed by atoms with van der Waals surface area (Å²) in [6.45, 7) is 0. The summed E-state index contributed by atoms with van der Waals surface area (Å²) in [6.07, 6.45) is 3.91. The van der Waals surface area contributed by atoms with Gasteiger partial charge in [0.2, 0.25) is 0 Å². The predicted molar refractivity (Wildman–Crippen MR) is 179 cm³/mol. The van der Waals surface area contributed by atoms with Crippen LogP contribution in [0.1, 0.15) is 0 Å². The van der Waals surface area contributed by atoms with Crippen molar-refractivity contribution in [1.82, 2.24) is 14.5 Å². The minimum Gasteiger partial charge on any atom is -0.293 e. The standard InChI is InChI=1S/C40H23N3/c1-2-11-27-25(9-1)28-14-7-15-33-37(29-12-3-4-13-30(29)38(27)39(28)33)24-18-21-36(42-23-24)43-35-17-6-5-10-26(35)31-19-20-34-32(40(31)43)16-8-22-41-34/h1-23H. The van der Waals surface area contributed by atoms with Crippen LogP contribution in [0.4, 0.5) is 0 Å². The van der Waals surface area contributed by atoms with Gasteiger partial charge in [-0.05, 0) is 85.8 Å². The number of benzene rings is 6. The molecule has 43 heavy (non-hydrogen) atoms. The molecule has 0 saturated heterocycles. The molecule has 3 heterocycles. The van der Waals surface area contributed by atoms with E-state index in [2.05, 4.69) is 137 Å². The van der Waals surface area contributed by atoms with Gasteiger partial charge in [-0.1, -0.05) is 91.0 Å². The van der Waals surface area contributed by atoms with Gasteiger partial charge in [-0.2, -0.15) is 0 Å². The van der Waals surface area contributed by atoms with Crippen LogP contribution < -0.4 is 0 Å². The topological polar surface area (TPSA) is 30.7 Å². The summed E-state index contributed by atoms with van der Waals surface area (Å²) < 4.78 is 2.29. The van der Waals surface area contributed by atoms with Crippen molar-refractivity contribution in [3.05, 3.63) is 140 Å². The van der Waals surface area contributed by atoms with Crippen LogP contribution in [-0.2, 0) is 0 Å². The highest BCUT2D eigenvalue weighted by atomic mass is 15.1. The molecule has 3 heteroatoms. The van der Waals surface area contributed by atoms with E-state index in [0.717, 1.165) is 33.3 Å². The molecule has 0 amide bonds. The Hall–Kier alpha value is -5.80. The highest BCUT2D eigenvalue weighted by Gasteiger charge is 2.26. The molecule has 3 nitrogen and oxygen atoms in total. The molecule has 0 aliphatic heterocycles. The van der Waals surface area contributed by atoms with Crippen LogP contribution in [0, 0.1) is 0 Å². The van der Waals surface area contributed by atoms with E-state index in [-0.39, 0.29) is 0 Å². The van der Waals surface area contributed by atoms with Crippen LogP contribution in [0.2, 0.25) is 0 Å². The second kappa shape index (κ2) is 8.37. The summed E-state index contributed by atoms with van der Waals surface area (Å²) in [5, 5.41) is 8.69. The quantitative estimate of drug-likeness (QED) is 0.202. The van der Waals surface area contributed by atoms with Gasteiger partial charge in [0.05, 0.1) is 16.6 Å². The molecule has 3 aromatic heterocycles. The summed E-state index contributed by atoms with van der Waals surface area (Å²) in [5.74, 6) is 0.897. The van der Waals surface area contributed by atoms with Crippen LogP contribution in [0.15, 0.2) is 140 Å². The van der Waals surface area contributed by atoms with Crippen LogP contribution in [0.3, 0.4) is 0 Å². The van der Waals surface area contributed by atoms with Gasteiger partial charge in [-0.15, -0.1) is 0 Å². The lowest BCUT2D eigenvalue weighted by Crippen LogP contribution is -1.98. The summed E-state index contributed by atoms with van der Waals surface area (Å²) >= 11 is 0. The lowest BCUT2D eigenvalue weighted by Gasteiger charge is -2.16. The Bertz CT molecular complexity index is 2610. The molecule has 0 bridgehead atoms. The third-order valence-corrected chi connectivity index (χ3v) is 9.22. The van der Waals surface area contributed by atoms with Gasteiger partial charge < -0.3 is 0 Å². The van der Waals surface area contributed by atoms with Crippen LogP contribution >= 0.6 is 0 Å². The first-order valence-corrected chi connectivity index (χ1v) is 14.7. The third-order valence-electron chi connectivity index (χ3n) is 9.22. The SMILES string of the molecule is c1ccc2c(c1)-c1cccc3c(-c4ccc(-n5c6ccccc6c6ccc7ncccc7c65)nc4)c4ccccc4c-2c13. The van der Waals surface area contributed by atoms with Crippen LogP contribution in [0.25, 0.3) is 93.5 Å². The number of hydrogen-bond acceptors (Lipinski definition) is 2. The minimum absolute atomic E-state index is 0.897. The van der Waals surface area contributed by atoms with E-state index in [0.29, 0.717) is 0 Å². The molecule has 0 atom stereocenters. The Kier molecular flexibility index (Phi) is 4.45. The first kappa shape index (κ1) is 22.8. The Morgan fingerprint density at radius 1 is 0.442 bits per heavy atom. The van der Waals surface area contributed by atoms with Gasteiger partial charge in [-0.3, -0.25) is 9.55 Å². The highest BCUT2D eigenvalue weighted by Crippen LogP contribution is 2.53. The smallest absolute Gasteiger partial charge is 0.137 e. The average molecular weight is 546 g/mol. The molecule has 198 valence electrons. The monoisotopic (exact) mass is 545 g/mol. The van der Waals surface area contributed by atoms with E-state index in [4.69, 9.17) is 4.98 Å². The average Bonchev–Trinajstić information content (AvgIpc) is 3.60. The molecule has 1 aliphatic carbocycles. The third kappa shape index (κ3) is 2.98. The van der Waals surface area contributed by atoms with Crippen molar-refractivity contribution >= 4 is 54.3 Å². The lowest BCUT2D eigenvalue weighted by molar-refractivity contribution is 1.08. The molecule has 0 fully saturated rings. The molecule has 0 N–H and O–H groups in total. The Morgan fingerprint density at radius 2 is 1.16 bits per heavy atom. The Morgan fingerprint density at radius 3 is 2.02 bits per heavy atom. The van der Waals surface area contributed by atoms with E-state index in [1.165, 1.54) is 60.1 Å². The zero-order chi connectivity index (χ0) is 28.1. The molecule has 0 saturated carbocycles. The zero-order valence-electron chi connectivity index (χ0n) is 23.1. The highest BCUT2D eigenvalue weighted by molar-refractivity contribution is 6.29. The van der Waals surface area contributed by atoms with Crippen LogP contribution in [0.5, 0.6) is 0 Å². The van der Waals surface area contributed by atoms with Gasteiger partial charge in [-0.25, -0.2) is 4.98 Å². The van der Waals surface area contributed by atoms with Crippen molar-refractivity contribution in [3.8, 4) is 39.2 Å². The number of pyridine rings is 2. The van der Waals surface area contributed by atoms with Gasteiger partial charge in [0, 0.05) is 34.1 Å². The van der Waals surface area contributed by atoms with E-state index < -0.39 is 0 Å². The maximum absolute atomic E-state index is 5.16. The fourth-order valence-electron chi connectivity index (χ4n) is 7.50. The predicted octanol–water partition coefficient (Wildman–Crippen LogP) is 10.3. The number of hydrogen-bond donors (Lipinski definition) is 0. The second-order valence-electron chi connectivity index (χ2n) is 11.4. The molecule has 10 rings (SSSR count). The normalized spacial score (nSPS) is 12.2. The number of fused-ring (bicyclic) bond motifs is 10. The van der Waals surface area contributed by atoms with Gasteiger partial charge in [0.25, 0.3) is 0 Å². The minimum atomic E-state index is 0.897. The van der Waals surface area contributed by atoms with E-state index in [1.54, 1.807) is 0 Å². The Labute approximate surface area is 247 Å². The molecule has 0 spiro atoms. The Balaban J connectivity index is 1.25. The maximum atomic E-state index is 5.16. The molecular weight excluding hydrogens is 522 g/mol. The van der Waals surface area contributed by atoms with E-state index >= 15 is 0 Å². The molecular formula is C40H23N3. The van der Waals surface area contributed by atoms with Crippen molar-refractivity contribution in [3.63, 3.8) is 0 Å². The summed E-state index contributed by atoms with van der Waals surface area (Å²) in [5.41, 5.74) is 10.9. The van der Waals surface area contributed by atoms with Gasteiger partial charge in [0.1, 0.15) is 5.82 Å². The van der Waals surface area contributed by atoms with Crippen molar-refractivity contribution in [2.24, 2.45) is 0 Å². The number of nitrogens with zero attached hydrogens (tertiary/aromatic N) is 3. The van der Waals surface area contributed by atoms with Gasteiger partial charge in [0.15, 0.2) is 0 Å². The van der Waals surface area contributed by atoms with E-state index in [9.17, 15) is 0 Å². The molecule has 6 aromatic carbocycles. The second-order valence-corrected chi connectivity index (χ2v) is 11.4. The van der Waals surface area contributed by atoms with Crippen molar-refractivity contribution in [2.75, 3.05) is 0 Å². The number of para-hydroxylation sites is 1. The zero-order valence-corrected chi connectivity index (χ0v) is 23.1. The van der Waals surface area contributed by atoms with Crippen molar-refractivity contribution < 1.29 is 0 Å². The summed E-state index contributed by atoms with van der Waals surface area (Å²) in [6, 6.07) is 45.8. The summed E-state index contributed by atoms with van der Waals surface area (Å²) in [7, 11) is 0. The van der Waals surface area contributed by atoms with Gasteiger partial charge >= 0.3 is 0 Å². The molecule has 0 unspecified atom stereocenters. The first-order valence-electron chi connectivity index (χ1n) is 14.7. The molecule has 1 aliphatic rings. The van der Waals surface area contributed by atoms with Crippen molar-refractivity contribution in [2.45, 2.75) is 0 Å². The van der Waals surface area contributed by atoms with Crippen molar-refractivity contribution in [1.29, 1.82) is 0 Å². The number of aromatic nitrogens is 3. The maximum Gasteiger partial charge on any atom is 0.137 e. The van der Waals surface area contributed by atoms with E-state index in [1.807, 2.05) is 12.3 Å². The van der Waals surface area contributed by atoms with Crippen LogP contribution in [-0.4, -0.2) is 14.5 Å². The molecule has 0 radical (unpaired) electrons. The fraction of sp³-hybridized carbons (Fsp3) is 0.